The number of amides is 1. The Labute approximate surface area is 124 Å². The van der Waals surface area contributed by atoms with E-state index in [1.165, 1.54) is 4.90 Å². The Bertz CT molecular complexity index is 679. The second-order valence-corrected chi connectivity index (χ2v) is 7.55. The van der Waals surface area contributed by atoms with Gasteiger partial charge in [-0.1, -0.05) is 19.9 Å². The van der Waals surface area contributed by atoms with Gasteiger partial charge in [-0.3, -0.25) is 9.59 Å². The molecule has 1 aliphatic rings. The normalized spacial score (nSPS) is 14.7. The molecule has 0 spiro atoms. The second-order valence-electron chi connectivity index (χ2n) is 5.08. The molecule has 1 aromatic carbocycles. The lowest BCUT2D eigenvalue weighted by Crippen LogP contribution is -2.31. The number of ketones is 1. The Kier molecular flexibility index (Phi) is 4.46. The molecule has 6 heteroatoms. The molecule has 0 bridgehead atoms. The maximum Gasteiger partial charge on any atom is 0.299 e. The van der Waals surface area contributed by atoms with Gasteiger partial charge in [0.25, 0.3) is 11.7 Å². The lowest BCUT2D eigenvalue weighted by molar-refractivity contribution is -0.114. The van der Waals surface area contributed by atoms with E-state index in [9.17, 15) is 18.0 Å². The first-order valence-electron chi connectivity index (χ1n) is 7.09. The van der Waals surface area contributed by atoms with Crippen molar-refractivity contribution in [2.75, 3.05) is 23.0 Å². The Morgan fingerprint density at radius 1 is 1.14 bits per heavy atom. The Hall–Kier alpha value is -1.69. The summed E-state index contributed by atoms with van der Waals surface area (Å²) in [7, 11) is -3.05. The molecule has 0 atom stereocenters. The van der Waals surface area contributed by atoms with Crippen molar-refractivity contribution in [3.63, 3.8) is 0 Å². The standard InChI is InChI=1S/C15H19NO4S/c1-3-11-6-7-13-12(10-11)14(17)15(18)16(13)8-5-9-21(19,20)4-2/h6-7,10H,3-5,8-9H2,1-2H3. The SMILES string of the molecule is CCc1ccc2c(c1)C(=O)C(=O)N2CCCS(=O)(=O)CC. The quantitative estimate of drug-likeness (QED) is 0.748. The largest absolute Gasteiger partial charge is 0.305 e. The van der Waals surface area contributed by atoms with Gasteiger partial charge in [0.2, 0.25) is 0 Å². The third-order valence-corrected chi connectivity index (χ3v) is 5.51. The van der Waals surface area contributed by atoms with Crippen LogP contribution in [0.1, 0.15) is 36.2 Å². The maximum atomic E-state index is 12.0. The second kappa shape index (κ2) is 5.97. The van der Waals surface area contributed by atoms with Gasteiger partial charge in [0.05, 0.1) is 17.0 Å². The molecule has 0 fully saturated rings. The first-order chi connectivity index (χ1) is 9.89. The monoisotopic (exact) mass is 309 g/mol. The van der Waals surface area contributed by atoms with E-state index >= 15 is 0 Å². The highest BCUT2D eigenvalue weighted by molar-refractivity contribution is 7.91. The zero-order chi connectivity index (χ0) is 15.6. The molecule has 0 aliphatic carbocycles. The number of hydrogen-bond acceptors (Lipinski definition) is 4. The van der Waals surface area contributed by atoms with Crippen LogP contribution in [0.4, 0.5) is 5.69 Å². The van der Waals surface area contributed by atoms with Crippen molar-refractivity contribution in [3.8, 4) is 0 Å². The lowest BCUT2D eigenvalue weighted by Gasteiger charge is -2.16. The van der Waals surface area contributed by atoms with Crippen molar-refractivity contribution >= 4 is 27.2 Å². The number of carbonyl (C=O) groups is 2. The molecule has 1 amide bonds. The van der Waals surface area contributed by atoms with Crippen LogP contribution < -0.4 is 4.90 Å². The van der Waals surface area contributed by atoms with E-state index in [-0.39, 0.29) is 18.1 Å². The van der Waals surface area contributed by atoms with Crippen molar-refractivity contribution in [3.05, 3.63) is 29.3 Å². The fourth-order valence-electron chi connectivity index (χ4n) is 2.38. The molecule has 21 heavy (non-hydrogen) atoms. The number of carbonyl (C=O) groups excluding carboxylic acids is 2. The van der Waals surface area contributed by atoms with Gasteiger partial charge in [0, 0.05) is 12.3 Å². The summed E-state index contributed by atoms with van der Waals surface area (Å²) in [6.07, 6.45) is 1.13. The molecule has 0 N–H and O–H groups in total. The zero-order valence-corrected chi connectivity index (χ0v) is 13.1. The number of benzene rings is 1. The number of aryl methyl sites for hydroxylation is 1. The summed E-state index contributed by atoms with van der Waals surface area (Å²) in [6, 6.07) is 5.41. The van der Waals surface area contributed by atoms with E-state index in [0.29, 0.717) is 17.7 Å². The molecule has 0 aromatic heterocycles. The number of nitrogens with zero attached hydrogens (tertiary/aromatic N) is 1. The molecular weight excluding hydrogens is 290 g/mol. The van der Waals surface area contributed by atoms with E-state index in [4.69, 9.17) is 0 Å². The predicted octanol–water partition coefficient (Wildman–Crippen LogP) is 1.60. The van der Waals surface area contributed by atoms with Crippen LogP contribution in [-0.4, -0.2) is 38.2 Å². The smallest absolute Gasteiger partial charge is 0.299 e. The van der Waals surface area contributed by atoms with Gasteiger partial charge in [-0.2, -0.15) is 0 Å². The van der Waals surface area contributed by atoms with Crippen LogP contribution in [0.3, 0.4) is 0 Å². The van der Waals surface area contributed by atoms with Crippen molar-refractivity contribution in [1.29, 1.82) is 0 Å². The van der Waals surface area contributed by atoms with E-state index < -0.39 is 21.5 Å². The van der Waals surface area contributed by atoms with Crippen molar-refractivity contribution in [2.24, 2.45) is 0 Å². The minimum Gasteiger partial charge on any atom is -0.305 e. The van der Waals surface area contributed by atoms with Crippen LogP contribution in [-0.2, 0) is 21.1 Å². The Morgan fingerprint density at radius 2 is 1.86 bits per heavy atom. The Balaban J connectivity index is 2.16. The van der Waals surface area contributed by atoms with E-state index in [2.05, 4.69) is 0 Å². The molecule has 0 radical (unpaired) electrons. The summed E-state index contributed by atoms with van der Waals surface area (Å²) in [4.78, 5) is 25.4. The molecule has 2 rings (SSSR count). The maximum absolute atomic E-state index is 12.0. The molecule has 0 unspecified atom stereocenters. The summed E-state index contributed by atoms with van der Waals surface area (Å²) in [5.41, 5.74) is 2.03. The molecule has 5 nitrogen and oxygen atoms in total. The third-order valence-electron chi connectivity index (χ3n) is 3.72. The van der Waals surface area contributed by atoms with Gasteiger partial charge in [0.15, 0.2) is 0 Å². The van der Waals surface area contributed by atoms with Crippen LogP contribution in [0.2, 0.25) is 0 Å². The highest BCUT2D eigenvalue weighted by Gasteiger charge is 2.35. The molecule has 0 saturated heterocycles. The van der Waals surface area contributed by atoms with E-state index in [0.717, 1.165) is 12.0 Å². The van der Waals surface area contributed by atoms with Gasteiger partial charge in [-0.15, -0.1) is 0 Å². The van der Waals surface area contributed by atoms with Gasteiger partial charge < -0.3 is 4.90 Å². The van der Waals surface area contributed by atoms with Crippen LogP contribution in [0.25, 0.3) is 0 Å². The fourth-order valence-corrected chi connectivity index (χ4v) is 3.23. The van der Waals surface area contributed by atoms with Crippen molar-refractivity contribution < 1.29 is 18.0 Å². The van der Waals surface area contributed by atoms with Gasteiger partial charge in [0.1, 0.15) is 9.84 Å². The summed E-state index contributed by atoms with van der Waals surface area (Å²) in [6.45, 7) is 3.83. The zero-order valence-electron chi connectivity index (χ0n) is 12.3. The average molecular weight is 309 g/mol. The minimum atomic E-state index is -3.05. The summed E-state index contributed by atoms with van der Waals surface area (Å²) in [5, 5.41) is 0. The third kappa shape index (κ3) is 3.15. The number of anilines is 1. The first-order valence-corrected chi connectivity index (χ1v) is 8.91. The van der Waals surface area contributed by atoms with Gasteiger partial charge >= 0.3 is 0 Å². The fraction of sp³-hybridized carbons (Fsp3) is 0.467. The summed E-state index contributed by atoms with van der Waals surface area (Å²) < 4.78 is 23.0. The predicted molar refractivity (Wildman–Crippen MR) is 81.4 cm³/mol. The van der Waals surface area contributed by atoms with Crippen LogP contribution >= 0.6 is 0 Å². The number of Topliss-reactive ketones (excluding diaryl/α,β-unsaturated/α-hetero) is 1. The van der Waals surface area contributed by atoms with E-state index in [1.807, 2.05) is 13.0 Å². The Morgan fingerprint density at radius 3 is 2.48 bits per heavy atom. The van der Waals surface area contributed by atoms with Crippen molar-refractivity contribution in [2.45, 2.75) is 26.7 Å². The van der Waals surface area contributed by atoms with Crippen LogP contribution in [0.15, 0.2) is 18.2 Å². The number of hydrogen-bond donors (Lipinski definition) is 0. The summed E-state index contributed by atoms with van der Waals surface area (Å²) in [5.74, 6) is -0.939. The van der Waals surface area contributed by atoms with Crippen LogP contribution in [0, 0.1) is 0 Å². The molecule has 1 aliphatic heterocycles. The highest BCUT2D eigenvalue weighted by Crippen LogP contribution is 2.30. The molecule has 1 heterocycles. The molecular formula is C15H19NO4S. The lowest BCUT2D eigenvalue weighted by atomic mass is 10.1. The topological polar surface area (TPSA) is 71.5 Å². The number of rotatable bonds is 6. The molecule has 1 aromatic rings. The molecule has 0 saturated carbocycles. The van der Waals surface area contributed by atoms with Gasteiger partial charge in [-0.05, 0) is 30.5 Å². The minimum absolute atomic E-state index is 0.0316. The summed E-state index contributed by atoms with van der Waals surface area (Å²) >= 11 is 0. The van der Waals surface area contributed by atoms with Gasteiger partial charge in [-0.25, -0.2) is 8.42 Å². The average Bonchev–Trinajstić information content (AvgIpc) is 2.71. The number of sulfone groups is 1. The first kappa shape index (κ1) is 15.7. The highest BCUT2D eigenvalue weighted by atomic mass is 32.2. The van der Waals surface area contributed by atoms with Crippen LogP contribution in [0.5, 0.6) is 0 Å². The number of fused-ring (bicyclic) bond motifs is 1. The van der Waals surface area contributed by atoms with Crippen molar-refractivity contribution in [1.82, 2.24) is 0 Å². The molecule has 114 valence electrons. The van der Waals surface area contributed by atoms with E-state index in [1.54, 1.807) is 19.1 Å².